The van der Waals surface area contributed by atoms with Gasteiger partial charge in [-0.05, 0) is 37.3 Å². The van der Waals surface area contributed by atoms with Gasteiger partial charge in [0.25, 0.3) is 10.0 Å². The van der Waals surface area contributed by atoms with Crippen LogP contribution in [0.3, 0.4) is 0 Å². The second-order valence-corrected chi connectivity index (χ2v) is 7.24. The maximum absolute atomic E-state index is 12.6. The molecule has 132 valence electrons. The fraction of sp³-hybridized carbons (Fsp3) is 0.111. The number of sulfonamides is 1. The number of anilines is 1. The van der Waals surface area contributed by atoms with Crippen LogP contribution in [-0.4, -0.2) is 25.1 Å². The summed E-state index contributed by atoms with van der Waals surface area (Å²) in [4.78, 5) is 4.19. The van der Waals surface area contributed by atoms with Crippen molar-refractivity contribution in [2.45, 2.75) is 11.8 Å². The Balaban J connectivity index is 1.94. The predicted octanol–water partition coefficient (Wildman–Crippen LogP) is 2.86. The molecule has 0 saturated heterocycles. The van der Waals surface area contributed by atoms with Crippen LogP contribution in [0.25, 0.3) is 5.69 Å². The van der Waals surface area contributed by atoms with Gasteiger partial charge in [0.2, 0.25) is 0 Å². The van der Waals surface area contributed by atoms with Crippen molar-refractivity contribution in [3.05, 3.63) is 66.2 Å². The monoisotopic (exact) mass is 368 g/mol. The Morgan fingerprint density at radius 1 is 1.23 bits per heavy atom. The molecule has 7 nitrogen and oxygen atoms in total. The largest absolute Gasteiger partial charge is 0.494 e. The van der Waals surface area contributed by atoms with Crippen molar-refractivity contribution in [2.75, 3.05) is 11.8 Å². The van der Waals surface area contributed by atoms with Crippen molar-refractivity contribution >= 4 is 15.7 Å². The van der Waals surface area contributed by atoms with Crippen LogP contribution < -0.4 is 9.46 Å². The highest BCUT2D eigenvalue weighted by molar-refractivity contribution is 7.92. The molecular formula is C18H16N4O3S. The van der Waals surface area contributed by atoms with Crippen molar-refractivity contribution in [3.63, 3.8) is 0 Å². The summed E-state index contributed by atoms with van der Waals surface area (Å²) >= 11 is 0. The van der Waals surface area contributed by atoms with Crippen LogP contribution in [0.2, 0.25) is 0 Å². The van der Waals surface area contributed by atoms with E-state index in [0.717, 1.165) is 11.4 Å². The number of ether oxygens (including phenoxy) is 1. The number of nitrogens with one attached hydrogen (secondary N) is 1. The van der Waals surface area contributed by atoms with E-state index in [1.807, 2.05) is 19.2 Å². The number of aromatic nitrogens is 2. The van der Waals surface area contributed by atoms with E-state index in [1.54, 1.807) is 35.2 Å². The molecule has 0 aliphatic carbocycles. The van der Waals surface area contributed by atoms with Crippen molar-refractivity contribution in [2.24, 2.45) is 0 Å². The van der Waals surface area contributed by atoms with Crippen molar-refractivity contribution in [3.8, 4) is 17.5 Å². The summed E-state index contributed by atoms with van der Waals surface area (Å²) in [5.74, 6) is 0.494. The lowest BCUT2D eigenvalue weighted by Gasteiger charge is -2.13. The smallest absolute Gasteiger partial charge is 0.261 e. The molecule has 1 heterocycles. The number of nitrogens with zero attached hydrogens (tertiary/aromatic N) is 3. The maximum Gasteiger partial charge on any atom is 0.261 e. The molecule has 3 aromatic rings. The predicted molar refractivity (Wildman–Crippen MR) is 96.8 cm³/mol. The van der Waals surface area contributed by atoms with Crippen LogP contribution in [0.4, 0.5) is 5.69 Å². The molecule has 0 radical (unpaired) electrons. The normalized spacial score (nSPS) is 11.0. The van der Waals surface area contributed by atoms with E-state index < -0.39 is 10.0 Å². The summed E-state index contributed by atoms with van der Waals surface area (Å²) in [7, 11) is -2.31. The average Bonchev–Trinajstić information content (AvgIpc) is 3.07. The van der Waals surface area contributed by atoms with Gasteiger partial charge in [-0.25, -0.2) is 13.4 Å². The number of imidazole rings is 1. The molecular weight excluding hydrogens is 352 g/mol. The van der Waals surface area contributed by atoms with Crippen molar-refractivity contribution in [1.82, 2.24) is 9.55 Å². The Hall–Kier alpha value is -3.31. The van der Waals surface area contributed by atoms with Crippen LogP contribution in [0.1, 0.15) is 11.3 Å². The Kier molecular flexibility index (Phi) is 4.65. The van der Waals surface area contributed by atoms with E-state index in [-0.39, 0.29) is 10.5 Å². The first-order valence-electron chi connectivity index (χ1n) is 7.65. The molecule has 0 aliphatic rings. The molecule has 0 unspecified atom stereocenters. The molecule has 0 fully saturated rings. The highest BCUT2D eigenvalue weighted by Crippen LogP contribution is 2.28. The Morgan fingerprint density at radius 3 is 2.69 bits per heavy atom. The molecule has 8 heteroatoms. The summed E-state index contributed by atoms with van der Waals surface area (Å²) < 4.78 is 34.8. The first kappa shape index (κ1) is 17.5. The van der Waals surface area contributed by atoms with Crippen molar-refractivity contribution in [1.29, 1.82) is 5.26 Å². The summed E-state index contributed by atoms with van der Waals surface area (Å²) in [6.45, 7) is 1.88. The number of benzene rings is 2. The molecule has 0 spiro atoms. The maximum atomic E-state index is 12.6. The zero-order valence-electron chi connectivity index (χ0n) is 14.2. The number of rotatable bonds is 5. The van der Waals surface area contributed by atoms with Crippen LogP contribution in [0, 0.1) is 18.3 Å². The summed E-state index contributed by atoms with van der Waals surface area (Å²) in [5, 5.41) is 8.94. The summed E-state index contributed by atoms with van der Waals surface area (Å²) in [6, 6.07) is 12.7. The topological polar surface area (TPSA) is 97.0 Å². The molecule has 0 saturated carbocycles. The van der Waals surface area contributed by atoms with Gasteiger partial charge in [-0.3, -0.25) is 4.72 Å². The highest BCUT2D eigenvalue weighted by atomic mass is 32.2. The SMILES string of the molecule is COc1cc(NS(=O)(=O)c2cccc(C#N)c2)ccc1-n1cnc(C)c1. The van der Waals surface area contributed by atoms with E-state index in [1.165, 1.54) is 25.3 Å². The third-order valence-electron chi connectivity index (χ3n) is 3.70. The first-order valence-corrected chi connectivity index (χ1v) is 9.13. The van der Waals surface area contributed by atoms with Gasteiger partial charge in [0.1, 0.15) is 5.75 Å². The quantitative estimate of drug-likeness (QED) is 0.747. The second kappa shape index (κ2) is 6.90. The number of aryl methyl sites for hydroxylation is 1. The number of hydrogen-bond donors (Lipinski definition) is 1. The average molecular weight is 368 g/mol. The first-order chi connectivity index (χ1) is 12.4. The zero-order chi connectivity index (χ0) is 18.7. The molecule has 0 amide bonds. The van der Waals surface area contributed by atoms with E-state index in [0.29, 0.717) is 11.4 Å². The Bertz CT molecular complexity index is 1100. The number of methoxy groups -OCH3 is 1. The lowest BCUT2D eigenvalue weighted by Crippen LogP contribution is -2.13. The third kappa shape index (κ3) is 3.53. The fourth-order valence-electron chi connectivity index (χ4n) is 2.45. The molecule has 0 aliphatic heterocycles. The van der Waals surface area contributed by atoms with Crippen LogP contribution in [-0.2, 0) is 10.0 Å². The number of nitriles is 1. The molecule has 0 bridgehead atoms. The van der Waals surface area contributed by atoms with E-state index in [4.69, 9.17) is 10.00 Å². The van der Waals surface area contributed by atoms with Gasteiger partial charge in [-0.1, -0.05) is 6.07 Å². The Labute approximate surface area is 151 Å². The minimum atomic E-state index is -3.82. The summed E-state index contributed by atoms with van der Waals surface area (Å²) in [5.41, 5.74) is 2.22. The molecule has 26 heavy (non-hydrogen) atoms. The van der Waals surface area contributed by atoms with Gasteiger partial charge in [0.15, 0.2) is 0 Å². The Morgan fingerprint density at radius 2 is 2.04 bits per heavy atom. The minimum absolute atomic E-state index is 0.0184. The standard InChI is InChI=1S/C18H16N4O3S/c1-13-11-22(12-20-13)17-7-6-15(9-18(17)25-2)21-26(23,24)16-5-3-4-14(8-16)10-19/h3-9,11-12,21H,1-2H3. The van der Waals surface area contributed by atoms with Crippen LogP contribution in [0.15, 0.2) is 59.9 Å². The van der Waals surface area contributed by atoms with E-state index in [2.05, 4.69) is 9.71 Å². The van der Waals surface area contributed by atoms with Crippen LogP contribution in [0.5, 0.6) is 5.75 Å². The molecule has 1 N–H and O–H groups in total. The lowest BCUT2D eigenvalue weighted by molar-refractivity contribution is 0.413. The molecule has 3 rings (SSSR count). The second-order valence-electron chi connectivity index (χ2n) is 5.55. The van der Waals surface area contributed by atoms with Gasteiger partial charge in [0.05, 0.1) is 47.0 Å². The van der Waals surface area contributed by atoms with Gasteiger partial charge < -0.3 is 9.30 Å². The minimum Gasteiger partial charge on any atom is -0.494 e. The van der Waals surface area contributed by atoms with E-state index in [9.17, 15) is 8.42 Å². The van der Waals surface area contributed by atoms with Gasteiger partial charge in [-0.2, -0.15) is 5.26 Å². The molecule has 1 aromatic heterocycles. The molecule has 0 atom stereocenters. The third-order valence-corrected chi connectivity index (χ3v) is 5.07. The van der Waals surface area contributed by atoms with E-state index >= 15 is 0 Å². The van der Waals surface area contributed by atoms with Gasteiger partial charge in [-0.15, -0.1) is 0 Å². The van der Waals surface area contributed by atoms with Crippen LogP contribution >= 0.6 is 0 Å². The van der Waals surface area contributed by atoms with Gasteiger partial charge >= 0.3 is 0 Å². The highest BCUT2D eigenvalue weighted by Gasteiger charge is 2.16. The fourth-order valence-corrected chi connectivity index (χ4v) is 3.55. The lowest BCUT2D eigenvalue weighted by atomic mass is 10.2. The van der Waals surface area contributed by atoms with Crippen molar-refractivity contribution < 1.29 is 13.2 Å². The summed E-state index contributed by atoms with van der Waals surface area (Å²) in [6.07, 6.45) is 3.50. The zero-order valence-corrected chi connectivity index (χ0v) is 15.0. The molecule has 2 aromatic carbocycles. The van der Waals surface area contributed by atoms with Gasteiger partial charge in [0, 0.05) is 12.3 Å². The number of hydrogen-bond acceptors (Lipinski definition) is 5.